The number of nitrogens with zero attached hydrogens (tertiary/aromatic N) is 4. The molecule has 0 atom stereocenters. The van der Waals surface area contributed by atoms with E-state index < -0.39 is 11.8 Å². The molecule has 0 saturated heterocycles. The Balaban J connectivity index is 1.18. The summed E-state index contributed by atoms with van der Waals surface area (Å²) in [6, 6.07) is 16.9. The van der Waals surface area contributed by atoms with Gasteiger partial charge in [0, 0.05) is 23.6 Å². The Labute approximate surface area is 199 Å². The van der Waals surface area contributed by atoms with Crippen molar-refractivity contribution in [1.29, 1.82) is 0 Å². The molecule has 2 aromatic carbocycles. The van der Waals surface area contributed by atoms with Crippen molar-refractivity contribution >= 4 is 40.3 Å². The molecule has 0 spiro atoms. The van der Waals surface area contributed by atoms with Crippen molar-refractivity contribution in [2.75, 3.05) is 0 Å². The Morgan fingerprint density at radius 3 is 2.59 bits per heavy atom. The smallest absolute Gasteiger partial charge is 0.273 e. The van der Waals surface area contributed by atoms with E-state index in [1.807, 2.05) is 49.4 Å². The van der Waals surface area contributed by atoms with Crippen molar-refractivity contribution < 1.29 is 9.59 Å². The van der Waals surface area contributed by atoms with Gasteiger partial charge in [0.05, 0.1) is 28.0 Å². The number of fused-ring (bicyclic) bond motifs is 2. The topological polar surface area (TPSA) is 117 Å². The third-order valence-corrected chi connectivity index (χ3v) is 6.28. The lowest BCUT2D eigenvalue weighted by atomic mass is 10.1. The van der Waals surface area contributed by atoms with Crippen molar-refractivity contribution in [3.63, 3.8) is 0 Å². The minimum atomic E-state index is -0.466. The summed E-state index contributed by atoms with van der Waals surface area (Å²) in [5.74, 6) is -0.168. The lowest BCUT2D eigenvalue weighted by Gasteiger charge is -2.10. The molecule has 3 heterocycles. The van der Waals surface area contributed by atoms with Crippen molar-refractivity contribution in [2.24, 2.45) is 0 Å². The zero-order valence-electron chi connectivity index (χ0n) is 18.5. The van der Waals surface area contributed by atoms with Gasteiger partial charge >= 0.3 is 0 Å². The molecule has 3 N–H and O–H groups in total. The molecule has 0 unspecified atom stereocenters. The van der Waals surface area contributed by atoms with E-state index in [9.17, 15) is 9.59 Å². The quantitative estimate of drug-likeness (QED) is 0.266. The highest BCUT2D eigenvalue weighted by Gasteiger charge is 2.15. The summed E-state index contributed by atoms with van der Waals surface area (Å²) < 4.78 is 1.61. The first kappa shape index (κ1) is 21.7. The monoisotopic (exact) mass is 471 g/mol. The van der Waals surface area contributed by atoms with Crippen LogP contribution >= 0.6 is 11.8 Å². The summed E-state index contributed by atoms with van der Waals surface area (Å²) >= 11 is 1.59. The van der Waals surface area contributed by atoms with Crippen LogP contribution in [0, 0.1) is 13.8 Å². The van der Waals surface area contributed by atoms with Gasteiger partial charge in [-0.2, -0.15) is 5.10 Å². The minimum Gasteiger partial charge on any atom is -0.333 e. The summed E-state index contributed by atoms with van der Waals surface area (Å²) in [6.07, 6.45) is 1.47. The highest BCUT2D eigenvalue weighted by molar-refractivity contribution is 7.98. The number of carbonyl (C=O) groups is 2. The van der Waals surface area contributed by atoms with E-state index in [2.05, 4.69) is 30.9 Å². The fourth-order valence-corrected chi connectivity index (χ4v) is 4.38. The number of aromatic nitrogens is 5. The summed E-state index contributed by atoms with van der Waals surface area (Å²) in [7, 11) is 0. The number of amides is 2. The van der Waals surface area contributed by atoms with Gasteiger partial charge in [-0.3, -0.25) is 20.4 Å². The molecular formula is C24H21N7O2S. The van der Waals surface area contributed by atoms with E-state index in [1.54, 1.807) is 35.3 Å². The van der Waals surface area contributed by atoms with Crippen molar-refractivity contribution in [3.8, 4) is 0 Å². The number of H-pyrrole nitrogens is 1. The SMILES string of the molecule is Cc1cc2ncc(C(=O)NNC(=O)c3ccc(CSc4nc5ccccc5[nH]4)cc3)c(C)n2n1. The van der Waals surface area contributed by atoms with Crippen LogP contribution in [0.1, 0.15) is 37.7 Å². The van der Waals surface area contributed by atoms with Crippen LogP contribution < -0.4 is 10.9 Å². The molecule has 10 heteroatoms. The number of thioether (sulfide) groups is 1. The van der Waals surface area contributed by atoms with E-state index in [4.69, 9.17) is 0 Å². The molecule has 0 radical (unpaired) electrons. The predicted octanol–water partition coefficient (Wildman–Crippen LogP) is 3.59. The van der Waals surface area contributed by atoms with Crippen molar-refractivity contribution in [3.05, 3.63) is 88.9 Å². The first-order valence-electron chi connectivity index (χ1n) is 10.6. The number of imidazole rings is 1. The number of benzene rings is 2. The average molecular weight is 472 g/mol. The third-order valence-electron chi connectivity index (χ3n) is 5.34. The Kier molecular flexibility index (Phi) is 5.72. The second-order valence-corrected chi connectivity index (χ2v) is 8.73. The molecule has 34 heavy (non-hydrogen) atoms. The number of aromatic amines is 1. The van der Waals surface area contributed by atoms with Gasteiger partial charge in [-0.15, -0.1) is 0 Å². The largest absolute Gasteiger partial charge is 0.333 e. The number of hydrogen-bond donors (Lipinski definition) is 3. The molecule has 0 aliphatic heterocycles. The number of para-hydroxylation sites is 2. The van der Waals surface area contributed by atoms with E-state index >= 15 is 0 Å². The summed E-state index contributed by atoms with van der Waals surface area (Å²) in [5.41, 5.74) is 10.8. The Bertz CT molecular complexity index is 1490. The normalized spacial score (nSPS) is 11.1. The first-order valence-corrected chi connectivity index (χ1v) is 11.6. The van der Waals surface area contributed by atoms with Crippen LogP contribution in [0.4, 0.5) is 0 Å². The maximum Gasteiger partial charge on any atom is 0.273 e. The molecule has 0 saturated carbocycles. The zero-order chi connectivity index (χ0) is 23.7. The van der Waals surface area contributed by atoms with Gasteiger partial charge in [0.15, 0.2) is 10.8 Å². The summed E-state index contributed by atoms with van der Waals surface area (Å²) in [6.45, 7) is 3.64. The second-order valence-electron chi connectivity index (χ2n) is 7.77. The zero-order valence-corrected chi connectivity index (χ0v) is 19.3. The maximum absolute atomic E-state index is 12.6. The lowest BCUT2D eigenvalue weighted by molar-refractivity contribution is 0.0845. The fourth-order valence-electron chi connectivity index (χ4n) is 3.54. The molecule has 0 aliphatic carbocycles. The molecule has 170 valence electrons. The van der Waals surface area contributed by atoms with Crippen LogP contribution in [0.2, 0.25) is 0 Å². The second kappa shape index (κ2) is 8.99. The highest BCUT2D eigenvalue weighted by Crippen LogP contribution is 2.23. The Morgan fingerprint density at radius 1 is 1.03 bits per heavy atom. The van der Waals surface area contributed by atoms with E-state index in [0.717, 1.165) is 27.4 Å². The fraction of sp³-hybridized carbons (Fsp3) is 0.125. The third kappa shape index (κ3) is 4.35. The Hall–Kier alpha value is -4.18. The van der Waals surface area contributed by atoms with Crippen LogP contribution in [0.15, 0.2) is 66.0 Å². The number of hydrogen-bond acceptors (Lipinski definition) is 6. The number of nitrogens with one attached hydrogen (secondary N) is 3. The Morgan fingerprint density at radius 2 is 1.79 bits per heavy atom. The number of carbonyl (C=O) groups excluding carboxylic acids is 2. The van der Waals surface area contributed by atoms with Crippen LogP contribution in [0.3, 0.4) is 0 Å². The van der Waals surface area contributed by atoms with E-state index in [0.29, 0.717) is 28.2 Å². The molecular weight excluding hydrogens is 450 g/mol. The van der Waals surface area contributed by atoms with E-state index in [-0.39, 0.29) is 0 Å². The van der Waals surface area contributed by atoms with Crippen LogP contribution in [-0.2, 0) is 5.75 Å². The highest BCUT2D eigenvalue weighted by atomic mass is 32.2. The van der Waals surface area contributed by atoms with Crippen molar-refractivity contribution in [1.82, 2.24) is 35.4 Å². The molecule has 9 nitrogen and oxygen atoms in total. The number of rotatable bonds is 5. The van der Waals surface area contributed by atoms with Gasteiger partial charge < -0.3 is 4.98 Å². The van der Waals surface area contributed by atoms with Gasteiger partial charge in [-0.1, -0.05) is 36.0 Å². The van der Waals surface area contributed by atoms with Crippen LogP contribution in [-0.4, -0.2) is 36.4 Å². The predicted molar refractivity (Wildman–Crippen MR) is 129 cm³/mol. The maximum atomic E-state index is 12.6. The van der Waals surface area contributed by atoms with Crippen molar-refractivity contribution in [2.45, 2.75) is 24.8 Å². The lowest BCUT2D eigenvalue weighted by Crippen LogP contribution is -2.42. The van der Waals surface area contributed by atoms with Crippen LogP contribution in [0.5, 0.6) is 0 Å². The summed E-state index contributed by atoms with van der Waals surface area (Å²) in [5, 5.41) is 5.18. The molecule has 0 aliphatic rings. The standard InChI is InChI=1S/C24H21N7O2S/c1-14-11-21-25-12-18(15(2)31(21)30-14)23(33)29-28-22(32)17-9-7-16(8-10-17)13-34-24-26-19-5-3-4-6-20(19)27-24/h3-12H,13H2,1-2H3,(H,26,27)(H,28,32)(H,29,33). The van der Waals surface area contributed by atoms with Gasteiger partial charge in [-0.05, 0) is 43.7 Å². The molecule has 2 amide bonds. The number of aryl methyl sites for hydroxylation is 2. The minimum absolute atomic E-state index is 0.328. The average Bonchev–Trinajstić information content (AvgIpc) is 3.44. The number of hydrazine groups is 1. The molecule has 5 rings (SSSR count). The first-order chi connectivity index (χ1) is 16.5. The molecule has 0 fully saturated rings. The van der Waals surface area contributed by atoms with Gasteiger partial charge in [0.2, 0.25) is 0 Å². The van der Waals surface area contributed by atoms with E-state index in [1.165, 1.54) is 6.20 Å². The molecule has 3 aromatic heterocycles. The van der Waals surface area contributed by atoms with Gasteiger partial charge in [-0.25, -0.2) is 14.5 Å². The van der Waals surface area contributed by atoms with Gasteiger partial charge in [0.1, 0.15) is 0 Å². The molecule has 5 aromatic rings. The van der Waals surface area contributed by atoms with Crippen LogP contribution in [0.25, 0.3) is 16.7 Å². The molecule has 0 bridgehead atoms. The summed E-state index contributed by atoms with van der Waals surface area (Å²) in [4.78, 5) is 37.2. The van der Waals surface area contributed by atoms with Gasteiger partial charge in [0.25, 0.3) is 11.8 Å².